The zero-order valence-corrected chi connectivity index (χ0v) is 12.5. The van der Waals surface area contributed by atoms with Gasteiger partial charge in [-0.2, -0.15) is 0 Å². The summed E-state index contributed by atoms with van der Waals surface area (Å²) in [6.45, 7) is 9.71. The maximum Gasteiger partial charge on any atom is 0.0337 e. The fraction of sp³-hybridized carbons (Fsp3) is 1.00. The van der Waals surface area contributed by atoms with Crippen LogP contribution in [0.2, 0.25) is 0 Å². The van der Waals surface area contributed by atoms with Crippen LogP contribution in [0.4, 0.5) is 0 Å². The SMILES string of the molecule is CC1(C)CN(C2CCCCC2)C(C)(C2CC2)CN1. The number of hydrogen-bond donors (Lipinski definition) is 1. The van der Waals surface area contributed by atoms with E-state index in [0.717, 1.165) is 12.0 Å². The Morgan fingerprint density at radius 1 is 0.944 bits per heavy atom. The Balaban J connectivity index is 1.79. The molecule has 3 rings (SSSR count). The predicted octanol–water partition coefficient (Wildman–Crippen LogP) is 3.17. The van der Waals surface area contributed by atoms with Crippen LogP contribution >= 0.6 is 0 Å². The Bertz CT molecular complexity index is 302. The van der Waals surface area contributed by atoms with E-state index in [9.17, 15) is 0 Å². The molecule has 0 aromatic carbocycles. The molecular weight excluding hydrogens is 220 g/mol. The first-order valence-corrected chi connectivity index (χ1v) is 8.03. The molecule has 0 bridgehead atoms. The van der Waals surface area contributed by atoms with Crippen molar-refractivity contribution >= 4 is 0 Å². The average Bonchev–Trinajstić information content (AvgIpc) is 3.18. The number of nitrogens with zero attached hydrogens (tertiary/aromatic N) is 1. The minimum absolute atomic E-state index is 0.297. The smallest absolute Gasteiger partial charge is 0.0337 e. The van der Waals surface area contributed by atoms with E-state index in [0.29, 0.717) is 11.1 Å². The lowest BCUT2D eigenvalue weighted by Crippen LogP contribution is -2.70. The van der Waals surface area contributed by atoms with Gasteiger partial charge in [0.05, 0.1) is 0 Å². The van der Waals surface area contributed by atoms with E-state index >= 15 is 0 Å². The van der Waals surface area contributed by atoms with Crippen LogP contribution in [0.5, 0.6) is 0 Å². The van der Waals surface area contributed by atoms with Crippen molar-refractivity contribution in [2.75, 3.05) is 13.1 Å². The van der Waals surface area contributed by atoms with Crippen LogP contribution < -0.4 is 5.32 Å². The van der Waals surface area contributed by atoms with Gasteiger partial charge < -0.3 is 5.32 Å². The summed E-state index contributed by atoms with van der Waals surface area (Å²) in [6, 6.07) is 0.866. The summed E-state index contributed by atoms with van der Waals surface area (Å²) in [7, 11) is 0. The highest BCUT2D eigenvalue weighted by molar-refractivity contribution is 5.08. The van der Waals surface area contributed by atoms with Gasteiger partial charge in [-0.1, -0.05) is 19.3 Å². The van der Waals surface area contributed by atoms with Gasteiger partial charge in [0, 0.05) is 30.2 Å². The Kier molecular flexibility index (Phi) is 3.22. The molecule has 1 aliphatic heterocycles. The summed E-state index contributed by atoms with van der Waals surface area (Å²) in [5.41, 5.74) is 0.739. The fourth-order valence-corrected chi connectivity index (χ4v) is 4.21. The first-order valence-electron chi connectivity index (χ1n) is 8.03. The van der Waals surface area contributed by atoms with Gasteiger partial charge in [-0.05, 0) is 52.4 Å². The van der Waals surface area contributed by atoms with E-state index in [1.165, 1.54) is 58.0 Å². The molecule has 1 unspecified atom stereocenters. The standard InChI is InChI=1S/C16H30N2/c1-15(2)12-18(14-7-5-4-6-8-14)16(3,11-17-15)13-9-10-13/h13-14,17H,4-12H2,1-3H3. The van der Waals surface area contributed by atoms with E-state index < -0.39 is 0 Å². The van der Waals surface area contributed by atoms with Gasteiger partial charge in [0.15, 0.2) is 0 Å². The molecular formula is C16H30N2. The van der Waals surface area contributed by atoms with Crippen LogP contribution in [0.15, 0.2) is 0 Å². The molecule has 3 aliphatic rings. The molecule has 1 atom stereocenters. The van der Waals surface area contributed by atoms with Crippen molar-refractivity contribution in [2.45, 2.75) is 82.8 Å². The second-order valence-electron chi connectivity index (χ2n) is 7.79. The van der Waals surface area contributed by atoms with Crippen molar-refractivity contribution in [3.05, 3.63) is 0 Å². The molecule has 2 heteroatoms. The van der Waals surface area contributed by atoms with Crippen LogP contribution in [-0.2, 0) is 0 Å². The average molecular weight is 250 g/mol. The minimum atomic E-state index is 0.297. The minimum Gasteiger partial charge on any atom is -0.309 e. The predicted molar refractivity (Wildman–Crippen MR) is 76.8 cm³/mol. The Morgan fingerprint density at radius 2 is 1.61 bits per heavy atom. The Hall–Kier alpha value is -0.0800. The van der Waals surface area contributed by atoms with Crippen molar-refractivity contribution in [1.82, 2.24) is 10.2 Å². The molecule has 104 valence electrons. The molecule has 0 radical (unpaired) electrons. The molecule has 3 fully saturated rings. The molecule has 2 aliphatic carbocycles. The van der Waals surface area contributed by atoms with Gasteiger partial charge >= 0.3 is 0 Å². The van der Waals surface area contributed by atoms with Crippen LogP contribution in [-0.4, -0.2) is 35.1 Å². The Labute approximate surface area is 113 Å². The summed E-state index contributed by atoms with van der Waals surface area (Å²) < 4.78 is 0. The first kappa shape index (κ1) is 12.9. The first-order chi connectivity index (χ1) is 8.51. The molecule has 1 heterocycles. The van der Waals surface area contributed by atoms with Crippen LogP contribution in [0, 0.1) is 5.92 Å². The summed E-state index contributed by atoms with van der Waals surface area (Å²) >= 11 is 0. The normalized spacial score (nSPS) is 38.8. The van der Waals surface area contributed by atoms with E-state index in [-0.39, 0.29) is 0 Å². The zero-order chi connectivity index (χ0) is 12.8. The number of rotatable bonds is 2. The lowest BCUT2D eigenvalue weighted by atomic mass is 9.81. The van der Waals surface area contributed by atoms with Gasteiger partial charge in [0.2, 0.25) is 0 Å². The second kappa shape index (κ2) is 4.49. The van der Waals surface area contributed by atoms with Gasteiger partial charge in [-0.3, -0.25) is 4.90 Å². The molecule has 0 aromatic heterocycles. The quantitative estimate of drug-likeness (QED) is 0.810. The molecule has 0 aromatic rings. The maximum atomic E-state index is 3.80. The lowest BCUT2D eigenvalue weighted by Gasteiger charge is -2.55. The molecule has 18 heavy (non-hydrogen) atoms. The third-order valence-electron chi connectivity index (χ3n) is 5.62. The van der Waals surface area contributed by atoms with E-state index in [2.05, 4.69) is 31.0 Å². The van der Waals surface area contributed by atoms with E-state index in [1.807, 2.05) is 0 Å². The monoisotopic (exact) mass is 250 g/mol. The van der Waals surface area contributed by atoms with Crippen molar-refractivity contribution in [3.8, 4) is 0 Å². The van der Waals surface area contributed by atoms with Crippen molar-refractivity contribution in [1.29, 1.82) is 0 Å². The van der Waals surface area contributed by atoms with Crippen molar-refractivity contribution in [3.63, 3.8) is 0 Å². The number of piperazine rings is 1. The molecule has 2 nitrogen and oxygen atoms in total. The summed E-state index contributed by atoms with van der Waals surface area (Å²) in [6.07, 6.45) is 10.2. The van der Waals surface area contributed by atoms with Gasteiger partial charge in [0.1, 0.15) is 0 Å². The van der Waals surface area contributed by atoms with Crippen LogP contribution in [0.25, 0.3) is 0 Å². The lowest BCUT2D eigenvalue weighted by molar-refractivity contribution is -0.0320. The van der Waals surface area contributed by atoms with E-state index in [4.69, 9.17) is 0 Å². The highest BCUT2D eigenvalue weighted by atomic mass is 15.3. The third kappa shape index (κ3) is 2.34. The van der Waals surface area contributed by atoms with Crippen molar-refractivity contribution < 1.29 is 0 Å². The molecule has 0 spiro atoms. The molecule has 1 saturated heterocycles. The summed E-state index contributed by atoms with van der Waals surface area (Å²) in [5, 5.41) is 3.80. The summed E-state index contributed by atoms with van der Waals surface area (Å²) in [5.74, 6) is 0.961. The van der Waals surface area contributed by atoms with Gasteiger partial charge in [-0.15, -0.1) is 0 Å². The topological polar surface area (TPSA) is 15.3 Å². The van der Waals surface area contributed by atoms with E-state index in [1.54, 1.807) is 0 Å². The summed E-state index contributed by atoms with van der Waals surface area (Å²) in [4.78, 5) is 2.92. The van der Waals surface area contributed by atoms with Gasteiger partial charge in [0.25, 0.3) is 0 Å². The second-order valence-corrected chi connectivity index (χ2v) is 7.79. The molecule has 0 amide bonds. The van der Waals surface area contributed by atoms with Crippen LogP contribution in [0.3, 0.4) is 0 Å². The zero-order valence-electron chi connectivity index (χ0n) is 12.5. The Morgan fingerprint density at radius 3 is 2.22 bits per heavy atom. The van der Waals surface area contributed by atoms with Crippen LogP contribution in [0.1, 0.15) is 65.7 Å². The highest BCUT2D eigenvalue weighted by Gasteiger charge is 2.51. The molecule has 1 N–H and O–H groups in total. The largest absolute Gasteiger partial charge is 0.309 e. The fourth-order valence-electron chi connectivity index (χ4n) is 4.21. The molecule has 2 saturated carbocycles. The number of nitrogens with one attached hydrogen (secondary N) is 1. The van der Waals surface area contributed by atoms with Crippen molar-refractivity contribution in [2.24, 2.45) is 5.92 Å². The highest BCUT2D eigenvalue weighted by Crippen LogP contribution is 2.46. The maximum absolute atomic E-state index is 3.80. The third-order valence-corrected chi connectivity index (χ3v) is 5.62. The van der Waals surface area contributed by atoms with Gasteiger partial charge in [-0.25, -0.2) is 0 Å². The number of hydrogen-bond acceptors (Lipinski definition) is 2.